The largest absolute Gasteiger partial charge is 0.378 e. The van der Waals surface area contributed by atoms with E-state index in [9.17, 15) is 0 Å². The first-order chi connectivity index (χ1) is 9.52. The predicted octanol–water partition coefficient (Wildman–Crippen LogP) is 2.82. The van der Waals surface area contributed by atoms with Gasteiger partial charge in [-0.3, -0.25) is 4.90 Å². The van der Waals surface area contributed by atoms with Gasteiger partial charge in [-0.25, -0.2) is 9.97 Å². The Balaban J connectivity index is 2.23. The number of aromatic nitrogens is 2. The third kappa shape index (κ3) is 3.68. The van der Waals surface area contributed by atoms with E-state index in [2.05, 4.69) is 44.6 Å². The molecule has 0 N–H and O–H groups in total. The predicted molar refractivity (Wildman–Crippen MR) is 80.9 cm³/mol. The van der Waals surface area contributed by atoms with Gasteiger partial charge in [-0.15, -0.1) is 0 Å². The van der Waals surface area contributed by atoms with Crippen LogP contribution in [0.25, 0.3) is 0 Å². The summed E-state index contributed by atoms with van der Waals surface area (Å²) in [6.45, 7) is 7.13. The van der Waals surface area contributed by atoms with Gasteiger partial charge in [0, 0.05) is 26.2 Å². The molecule has 0 aromatic carbocycles. The van der Waals surface area contributed by atoms with Gasteiger partial charge in [0.15, 0.2) is 5.82 Å². The van der Waals surface area contributed by atoms with E-state index in [0.29, 0.717) is 34.7 Å². The number of ether oxygens (including phenoxy) is 2. The summed E-state index contributed by atoms with van der Waals surface area (Å²) in [6.07, 6.45) is -0.146. The average Bonchev–Trinajstić information content (AvgIpc) is 2.44. The molecule has 112 valence electrons. The van der Waals surface area contributed by atoms with Crippen LogP contribution in [0.3, 0.4) is 0 Å². The van der Waals surface area contributed by atoms with Crippen molar-refractivity contribution in [3.8, 4) is 0 Å². The number of methoxy groups -OCH3 is 1. The van der Waals surface area contributed by atoms with Crippen LogP contribution in [0.5, 0.6) is 0 Å². The van der Waals surface area contributed by atoms with Crippen LogP contribution in [0.2, 0.25) is 5.15 Å². The van der Waals surface area contributed by atoms with Crippen LogP contribution in [0.1, 0.15) is 31.5 Å². The Morgan fingerprint density at radius 3 is 2.90 bits per heavy atom. The van der Waals surface area contributed by atoms with E-state index in [1.165, 1.54) is 0 Å². The zero-order chi connectivity index (χ0) is 14.7. The molecule has 5 nitrogen and oxygen atoms in total. The minimum atomic E-state index is -0.146. The van der Waals surface area contributed by atoms with Gasteiger partial charge in [-0.05, 0) is 29.8 Å². The molecule has 0 amide bonds. The fraction of sp³-hybridized carbons (Fsp3) is 0.692. The van der Waals surface area contributed by atoms with Crippen LogP contribution in [-0.4, -0.2) is 47.7 Å². The summed E-state index contributed by atoms with van der Waals surface area (Å²) in [5, 5.41) is 0.396. The van der Waals surface area contributed by atoms with Crippen molar-refractivity contribution in [2.75, 3.05) is 26.8 Å². The van der Waals surface area contributed by atoms with Crippen molar-refractivity contribution in [3.63, 3.8) is 0 Å². The zero-order valence-electron chi connectivity index (χ0n) is 11.9. The van der Waals surface area contributed by atoms with Gasteiger partial charge in [0.2, 0.25) is 0 Å². The Kier molecular flexibility index (Phi) is 5.74. The molecule has 2 rings (SSSR count). The fourth-order valence-electron chi connectivity index (χ4n) is 2.15. The number of nitrogens with zero attached hydrogens (tertiary/aromatic N) is 3. The molecular formula is C13H19BrClN3O2. The number of rotatable bonds is 4. The van der Waals surface area contributed by atoms with E-state index >= 15 is 0 Å². The molecule has 1 atom stereocenters. The number of hydrogen-bond acceptors (Lipinski definition) is 5. The molecule has 1 aliphatic rings. The Morgan fingerprint density at radius 1 is 1.50 bits per heavy atom. The van der Waals surface area contributed by atoms with Crippen LogP contribution in [-0.2, 0) is 16.1 Å². The smallest absolute Gasteiger partial charge is 0.160 e. The molecule has 1 aromatic heterocycles. The Labute approximate surface area is 132 Å². The zero-order valence-corrected chi connectivity index (χ0v) is 14.2. The maximum Gasteiger partial charge on any atom is 0.160 e. The summed E-state index contributed by atoms with van der Waals surface area (Å²) in [5.74, 6) is 0.621. The van der Waals surface area contributed by atoms with Crippen LogP contribution in [0.15, 0.2) is 4.47 Å². The molecule has 0 spiro atoms. The molecule has 0 bridgehead atoms. The molecule has 0 radical (unpaired) electrons. The van der Waals surface area contributed by atoms with Crippen LogP contribution < -0.4 is 0 Å². The minimum absolute atomic E-state index is 0.146. The average molecular weight is 365 g/mol. The van der Waals surface area contributed by atoms with Gasteiger partial charge >= 0.3 is 0 Å². The lowest BCUT2D eigenvalue weighted by Gasteiger charge is -2.34. The summed E-state index contributed by atoms with van der Waals surface area (Å²) in [5.41, 5.74) is 0.743. The quantitative estimate of drug-likeness (QED) is 0.769. The third-order valence-electron chi connectivity index (χ3n) is 3.29. The first kappa shape index (κ1) is 16.1. The highest BCUT2D eigenvalue weighted by atomic mass is 79.9. The van der Waals surface area contributed by atoms with E-state index in [1.54, 1.807) is 7.11 Å². The van der Waals surface area contributed by atoms with E-state index < -0.39 is 0 Å². The van der Waals surface area contributed by atoms with Crippen molar-refractivity contribution < 1.29 is 9.47 Å². The second-order valence-corrected chi connectivity index (χ2v) is 6.17. The van der Waals surface area contributed by atoms with Crippen LogP contribution >= 0.6 is 27.5 Å². The van der Waals surface area contributed by atoms with Gasteiger partial charge < -0.3 is 9.47 Å². The summed E-state index contributed by atoms with van der Waals surface area (Å²) in [4.78, 5) is 11.2. The van der Waals surface area contributed by atoms with Crippen molar-refractivity contribution in [2.45, 2.75) is 32.6 Å². The molecular weight excluding hydrogens is 346 g/mol. The molecule has 1 saturated heterocycles. The maximum atomic E-state index is 6.15. The lowest BCUT2D eigenvalue weighted by Crippen LogP contribution is -2.42. The molecule has 1 unspecified atom stereocenters. The molecule has 0 aliphatic carbocycles. The van der Waals surface area contributed by atoms with Gasteiger partial charge in [-0.1, -0.05) is 11.6 Å². The van der Waals surface area contributed by atoms with Crippen molar-refractivity contribution in [2.24, 2.45) is 0 Å². The molecule has 2 heterocycles. The Hall–Kier alpha value is -0.270. The lowest BCUT2D eigenvalue weighted by molar-refractivity contribution is -0.0444. The van der Waals surface area contributed by atoms with E-state index in [0.717, 1.165) is 18.8 Å². The van der Waals surface area contributed by atoms with Gasteiger partial charge in [0.1, 0.15) is 11.3 Å². The van der Waals surface area contributed by atoms with Crippen LogP contribution in [0.4, 0.5) is 0 Å². The topological polar surface area (TPSA) is 47.5 Å². The Bertz CT molecular complexity index is 473. The first-order valence-corrected chi connectivity index (χ1v) is 7.76. The first-order valence-electron chi connectivity index (χ1n) is 6.59. The second-order valence-electron chi connectivity index (χ2n) is 5.01. The second kappa shape index (κ2) is 7.13. The Morgan fingerprint density at radius 2 is 2.25 bits per heavy atom. The molecule has 1 fully saturated rings. The fourth-order valence-corrected chi connectivity index (χ4v) is 2.64. The highest BCUT2D eigenvalue weighted by Crippen LogP contribution is 2.28. The molecule has 0 saturated carbocycles. The lowest BCUT2D eigenvalue weighted by atomic mass is 10.2. The standard InChI is InChI=1S/C13H19BrClN3O2/c1-8(2)18-4-5-20-10(6-18)13-16-9(7-19-3)11(14)12(15)17-13/h8,10H,4-7H2,1-3H3. The summed E-state index contributed by atoms with van der Waals surface area (Å²) in [6, 6.07) is 0.478. The molecule has 20 heavy (non-hydrogen) atoms. The molecule has 1 aromatic rings. The number of halogens is 2. The molecule has 7 heteroatoms. The monoisotopic (exact) mass is 363 g/mol. The summed E-state index contributed by atoms with van der Waals surface area (Å²) in [7, 11) is 1.62. The summed E-state index contributed by atoms with van der Waals surface area (Å²) < 4.78 is 11.6. The van der Waals surface area contributed by atoms with Crippen molar-refractivity contribution in [3.05, 3.63) is 21.1 Å². The van der Waals surface area contributed by atoms with E-state index in [1.807, 2.05) is 0 Å². The normalized spacial score (nSPS) is 20.6. The third-order valence-corrected chi connectivity index (χ3v) is 4.63. The van der Waals surface area contributed by atoms with Crippen LogP contribution in [0, 0.1) is 0 Å². The van der Waals surface area contributed by atoms with Gasteiger partial charge in [-0.2, -0.15) is 0 Å². The summed E-state index contributed by atoms with van der Waals surface area (Å²) >= 11 is 9.54. The number of hydrogen-bond donors (Lipinski definition) is 0. The van der Waals surface area contributed by atoms with Crippen molar-refractivity contribution in [1.29, 1.82) is 0 Å². The van der Waals surface area contributed by atoms with Gasteiger partial charge in [0.25, 0.3) is 0 Å². The highest BCUT2D eigenvalue weighted by Gasteiger charge is 2.27. The van der Waals surface area contributed by atoms with Crippen molar-refractivity contribution in [1.82, 2.24) is 14.9 Å². The molecule has 1 aliphatic heterocycles. The maximum absolute atomic E-state index is 6.15. The van der Waals surface area contributed by atoms with Gasteiger partial charge in [0.05, 0.1) is 23.4 Å². The SMILES string of the molecule is COCc1nc(C2CN(C(C)C)CCO2)nc(Cl)c1Br. The van der Waals surface area contributed by atoms with Crippen molar-refractivity contribution >= 4 is 27.5 Å². The number of morpholine rings is 1. The highest BCUT2D eigenvalue weighted by molar-refractivity contribution is 9.10. The minimum Gasteiger partial charge on any atom is -0.378 e. The van der Waals surface area contributed by atoms with E-state index in [4.69, 9.17) is 21.1 Å². The van der Waals surface area contributed by atoms with E-state index in [-0.39, 0.29) is 6.10 Å².